The van der Waals surface area contributed by atoms with E-state index in [1.807, 2.05) is 0 Å². The molecule has 1 rings (SSSR count). The molecular formula is C11H14F6N2S. The van der Waals surface area contributed by atoms with E-state index in [4.69, 9.17) is 0 Å². The van der Waals surface area contributed by atoms with Crippen molar-refractivity contribution in [2.75, 3.05) is 7.05 Å². The summed E-state index contributed by atoms with van der Waals surface area (Å²) < 4.78 is 76.0. The Kier molecular flexibility index (Phi) is 5.07. The van der Waals surface area contributed by atoms with Crippen LogP contribution in [0.25, 0.3) is 0 Å². The molecule has 1 aromatic rings. The van der Waals surface area contributed by atoms with Crippen LogP contribution in [0.15, 0.2) is 0 Å². The van der Waals surface area contributed by atoms with Gasteiger partial charge in [0.2, 0.25) is 0 Å². The van der Waals surface area contributed by atoms with Gasteiger partial charge in [0, 0.05) is 17.3 Å². The second-order valence-electron chi connectivity index (χ2n) is 4.41. The number of likely N-dealkylation sites (N-methyl/N-ethyl adjacent to an activating group) is 1. The maximum absolute atomic E-state index is 12.7. The lowest BCUT2D eigenvalue weighted by atomic mass is 9.96. The molecule has 0 aliphatic rings. The molecule has 1 heterocycles. The van der Waals surface area contributed by atoms with Crippen molar-refractivity contribution in [2.24, 2.45) is 5.92 Å². The van der Waals surface area contributed by atoms with Gasteiger partial charge < -0.3 is 5.32 Å². The van der Waals surface area contributed by atoms with Gasteiger partial charge in [-0.15, -0.1) is 11.3 Å². The molecule has 0 saturated heterocycles. The van der Waals surface area contributed by atoms with Gasteiger partial charge in [-0.1, -0.05) is 0 Å². The molecule has 2 nitrogen and oxygen atoms in total. The lowest BCUT2D eigenvalue weighted by Gasteiger charge is -2.30. The van der Waals surface area contributed by atoms with Crippen molar-refractivity contribution in [2.45, 2.75) is 38.7 Å². The first-order valence-electron chi connectivity index (χ1n) is 5.70. The first-order valence-corrected chi connectivity index (χ1v) is 6.52. The van der Waals surface area contributed by atoms with Crippen LogP contribution in [-0.2, 0) is 6.42 Å². The molecule has 0 amide bonds. The third kappa shape index (κ3) is 4.08. The fraction of sp³-hybridized carbons (Fsp3) is 0.727. The highest BCUT2D eigenvalue weighted by Gasteiger charge is 2.59. The Morgan fingerprint density at radius 1 is 1.10 bits per heavy atom. The Hall–Kier alpha value is -0.830. The third-order valence-electron chi connectivity index (χ3n) is 2.95. The molecule has 0 radical (unpaired) electrons. The molecule has 9 heteroatoms. The van der Waals surface area contributed by atoms with E-state index in [1.54, 1.807) is 13.8 Å². The summed E-state index contributed by atoms with van der Waals surface area (Å²) in [6.45, 7) is 3.38. The van der Waals surface area contributed by atoms with Crippen molar-refractivity contribution >= 4 is 11.3 Å². The van der Waals surface area contributed by atoms with Crippen molar-refractivity contribution in [1.29, 1.82) is 0 Å². The molecule has 0 saturated carbocycles. The molecule has 0 aliphatic heterocycles. The molecule has 0 spiro atoms. The summed E-state index contributed by atoms with van der Waals surface area (Å²) in [5.74, 6) is -3.41. The molecule has 1 atom stereocenters. The highest BCUT2D eigenvalue weighted by atomic mass is 32.1. The van der Waals surface area contributed by atoms with E-state index in [2.05, 4.69) is 10.3 Å². The van der Waals surface area contributed by atoms with Gasteiger partial charge in [-0.25, -0.2) is 4.98 Å². The van der Waals surface area contributed by atoms with Gasteiger partial charge in [0.05, 0.1) is 10.7 Å². The van der Waals surface area contributed by atoms with Crippen LogP contribution in [-0.4, -0.2) is 30.4 Å². The molecule has 0 bridgehead atoms. The normalized spacial score (nSPS) is 14.9. The number of thiazole rings is 1. The largest absolute Gasteiger partial charge is 0.402 e. The van der Waals surface area contributed by atoms with Gasteiger partial charge in [0.15, 0.2) is 5.92 Å². The van der Waals surface area contributed by atoms with Crippen LogP contribution in [0.1, 0.15) is 15.6 Å². The number of halogens is 6. The van der Waals surface area contributed by atoms with Crippen LogP contribution < -0.4 is 5.32 Å². The summed E-state index contributed by atoms with van der Waals surface area (Å²) in [6.07, 6.45) is -11.1. The van der Waals surface area contributed by atoms with Gasteiger partial charge in [-0.2, -0.15) is 26.3 Å². The summed E-state index contributed by atoms with van der Waals surface area (Å²) in [5.41, 5.74) is 0.621. The Morgan fingerprint density at radius 2 is 1.60 bits per heavy atom. The smallest absolute Gasteiger partial charge is 0.316 e. The van der Waals surface area contributed by atoms with Crippen molar-refractivity contribution < 1.29 is 26.3 Å². The van der Waals surface area contributed by atoms with Gasteiger partial charge in [-0.05, 0) is 20.9 Å². The van der Waals surface area contributed by atoms with E-state index in [9.17, 15) is 26.3 Å². The van der Waals surface area contributed by atoms with E-state index < -0.39 is 30.7 Å². The zero-order chi connectivity index (χ0) is 15.7. The van der Waals surface area contributed by atoms with Crippen LogP contribution in [0, 0.1) is 19.8 Å². The van der Waals surface area contributed by atoms with Crippen LogP contribution >= 0.6 is 11.3 Å². The van der Waals surface area contributed by atoms with Crippen LogP contribution in [0.2, 0.25) is 0 Å². The lowest BCUT2D eigenvalue weighted by molar-refractivity contribution is -0.291. The number of aryl methyl sites for hydroxylation is 2. The minimum Gasteiger partial charge on any atom is -0.316 e. The average molecular weight is 320 g/mol. The van der Waals surface area contributed by atoms with Crippen LogP contribution in [0.5, 0.6) is 0 Å². The molecule has 0 fully saturated rings. The molecule has 1 aromatic heterocycles. The molecule has 1 N–H and O–H groups in total. The first-order chi connectivity index (χ1) is 8.96. The minimum atomic E-state index is -5.35. The summed E-state index contributed by atoms with van der Waals surface area (Å²) in [5, 5.41) is 2.38. The van der Waals surface area contributed by atoms with E-state index in [0.29, 0.717) is 5.69 Å². The zero-order valence-electron chi connectivity index (χ0n) is 11.0. The Morgan fingerprint density at radius 3 is 1.90 bits per heavy atom. The Balaban J connectivity index is 3.03. The van der Waals surface area contributed by atoms with E-state index in [0.717, 1.165) is 23.3 Å². The topological polar surface area (TPSA) is 24.9 Å². The summed E-state index contributed by atoms with van der Waals surface area (Å²) >= 11 is 1.11. The second-order valence-corrected chi connectivity index (χ2v) is 5.70. The molecule has 0 aliphatic carbocycles. The summed E-state index contributed by atoms with van der Waals surface area (Å²) in [7, 11) is 1.09. The predicted octanol–water partition coefficient (Wildman–Crippen LogP) is 3.63. The van der Waals surface area contributed by atoms with Crippen LogP contribution in [0.4, 0.5) is 26.3 Å². The summed E-state index contributed by atoms with van der Waals surface area (Å²) in [6, 6.07) is -1.79. The second kappa shape index (κ2) is 5.88. The fourth-order valence-electron chi connectivity index (χ4n) is 1.84. The van der Waals surface area contributed by atoms with Crippen molar-refractivity contribution in [3.05, 3.63) is 15.6 Å². The molecule has 1 unspecified atom stereocenters. The monoisotopic (exact) mass is 320 g/mol. The number of aromatic nitrogens is 1. The third-order valence-corrected chi connectivity index (χ3v) is 4.04. The molecular weight excluding hydrogens is 306 g/mol. The van der Waals surface area contributed by atoms with Crippen molar-refractivity contribution in [1.82, 2.24) is 10.3 Å². The maximum Gasteiger partial charge on any atom is 0.402 e. The molecule has 116 valence electrons. The van der Waals surface area contributed by atoms with Gasteiger partial charge >= 0.3 is 12.4 Å². The maximum atomic E-state index is 12.7. The fourth-order valence-corrected chi connectivity index (χ4v) is 2.84. The molecule has 0 aromatic carbocycles. The summed E-state index contributed by atoms with van der Waals surface area (Å²) in [4.78, 5) is 4.77. The zero-order valence-corrected chi connectivity index (χ0v) is 11.8. The van der Waals surface area contributed by atoms with E-state index in [1.165, 1.54) is 0 Å². The SMILES string of the molecule is CNC(Cc1nc(C)c(C)s1)C(C(F)(F)F)C(F)(F)F. The highest BCUT2D eigenvalue weighted by Crippen LogP contribution is 2.42. The molecule has 20 heavy (non-hydrogen) atoms. The predicted molar refractivity (Wildman–Crippen MR) is 63.7 cm³/mol. The van der Waals surface area contributed by atoms with Gasteiger partial charge in [0.25, 0.3) is 0 Å². The first kappa shape index (κ1) is 17.2. The number of nitrogens with zero attached hydrogens (tertiary/aromatic N) is 1. The van der Waals surface area contributed by atoms with E-state index >= 15 is 0 Å². The van der Waals surface area contributed by atoms with Crippen molar-refractivity contribution in [3.63, 3.8) is 0 Å². The number of rotatable bonds is 4. The van der Waals surface area contributed by atoms with Gasteiger partial charge in [0.1, 0.15) is 0 Å². The number of alkyl halides is 6. The van der Waals surface area contributed by atoms with E-state index in [-0.39, 0.29) is 5.01 Å². The van der Waals surface area contributed by atoms with Gasteiger partial charge in [-0.3, -0.25) is 0 Å². The highest BCUT2D eigenvalue weighted by molar-refractivity contribution is 7.11. The number of hydrogen-bond acceptors (Lipinski definition) is 3. The number of nitrogens with one attached hydrogen (secondary N) is 1. The minimum absolute atomic E-state index is 0.262. The van der Waals surface area contributed by atoms with Crippen LogP contribution in [0.3, 0.4) is 0 Å². The number of hydrogen-bond donors (Lipinski definition) is 1. The van der Waals surface area contributed by atoms with Crippen molar-refractivity contribution in [3.8, 4) is 0 Å². The Bertz CT molecular complexity index is 417. The average Bonchev–Trinajstić information content (AvgIpc) is 2.53. The lowest BCUT2D eigenvalue weighted by Crippen LogP contribution is -2.51. The standard InChI is InChI=1S/C11H14F6N2S/c1-5-6(2)20-8(19-5)4-7(18-3)9(10(12,13)14)11(15,16)17/h7,9,18H,4H2,1-3H3. The Labute approximate surface area is 116 Å². The quantitative estimate of drug-likeness (QED) is 0.857.